The van der Waals surface area contributed by atoms with Gasteiger partial charge in [0.1, 0.15) is 28.3 Å². The summed E-state index contributed by atoms with van der Waals surface area (Å²) in [5.74, 6) is 0.713. The first kappa shape index (κ1) is 30.0. The molecule has 0 amide bonds. The molecule has 37 heavy (non-hydrogen) atoms. The SMILES string of the molecule is COc1nc(SCC(Cl)c2ncco2)cnc1N(COCC[Si](C)(C)C)S(=O)(=O)c1cccc(Cl)c1Cl. The molecule has 3 aromatic rings. The maximum atomic E-state index is 13.7. The summed E-state index contributed by atoms with van der Waals surface area (Å²) in [6.45, 7) is 6.67. The summed E-state index contributed by atoms with van der Waals surface area (Å²) in [4.78, 5) is 12.7. The Bertz CT molecular complexity index is 1290. The average Bonchev–Trinajstić information content (AvgIpc) is 3.38. The third-order valence-electron chi connectivity index (χ3n) is 4.92. The van der Waals surface area contributed by atoms with E-state index in [1.165, 1.54) is 55.7 Å². The topological polar surface area (TPSA) is 108 Å². The van der Waals surface area contributed by atoms with Gasteiger partial charge in [-0.3, -0.25) is 0 Å². The van der Waals surface area contributed by atoms with Crippen molar-refractivity contribution in [2.45, 2.75) is 41.0 Å². The van der Waals surface area contributed by atoms with E-state index in [1.807, 2.05) is 0 Å². The van der Waals surface area contributed by atoms with E-state index < -0.39 is 23.5 Å². The summed E-state index contributed by atoms with van der Waals surface area (Å²) in [5.41, 5.74) is 0. The van der Waals surface area contributed by atoms with Gasteiger partial charge < -0.3 is 13.9 Å². The van der Waals surface area contributed by atoms with Crippen LogP contribution in [0.15, 0.2) is 51.2 Å². The molecule has 1 unspecified atom stereocenters. The van der Waals surface area contributed by atoms with Gasteiger partial charge in [-0.25, -0.2) is 27.7 Å². The molecule has 2 aromatic heterocycles. The summed E-state index contributed by atoms with van der Waals surface area (Å²) in [5, 5.41) is -0.0199. The lowest BCUT2D eigenvalue weighted by molar-refractivity contribution is 0.155. The van der Waals surface area contributed by atoms with E-state index in [2.05, 4.69) is 34.6 Å². The third-order valence-corrected chi connectivity index (χ3v) is 10.8. The molecule has 15 heteroatoms. The zero-order chi connectivity index (χ0) is 27.2. The van der Waals surface area contributed by atoms with Crippen LogP contribution in [-0.4, -0.2) is 57.6 Å². The number of halogens is 3. The van der Waals surface area contributed by atoms with Gasteiger partial charge in [0, 0.05) is 20.4 Å². The molecule has 0 fully saturated rings. The number of hydrogen-bond acceptors (Lipinski definition) is 9. The number of anilines is 1. The van der Waals surface area contributed by atoms with Crippen LogP contribution in [0.1, 0.15) is 11.3 Å². The highest BCUT2D eigenvalue weighted by Gasteiger charge is 2.32. The number of nitrogens with zero attached hydrogens (tertiary/aromatic N) is 4. The first-order valence-electron chi connectivity index (χ1n) is 11.1. The summed E-state index contributed by atoms with van der Waals surface area (Å²) >= 11 is 20.0. The van der Waals surface area contributed by atoms with Crippen molar-refractivity contribution in [3.63, 3.8) is 0 Å². The molecule has 0 bridgehead atoms. The van der Waals surface area contributed by atoms with E-state index in [9.17, 15) is 8.42 Å². The molecule has 1 atom stereocenters. The normalized spacial score (nSPS) is 12.9. The number of ether oxygens (including phenoxy) is 2. The van der Waals surface area contributed by atoms with Gasteiger partial charge in [-0.2, -0.15) is 0 Å². The fourth-order valence-corrected chi connectivity index (χ4v) is 6.75. The molecule has 2 heterocycles. The van der Waals surface area contributed by atoms with Crippen LogP contribution in [0.25, 0.3) is 0 Å². The number of thioether (sulfide) groups is 1. The van der Waals surface area contributed by atoms with Crippen molar-refractivity contribution in [3.8, 4) is 5.88 Å². The zero-order valence-corrected chi connectivity index (χ0v) is 25.6. The van der Waals surface area contributed by atoms with E-state index in [0.717, 1.165) is 10.3 Å². The van der Waals surface area contributed by atoms with Crippen LogP contribution in [-0.2, 0) is 14.8 Å². The van der Waals surface area contributed by atoms with Crippen LogP contribution in [0, 0.1) is 0 Å². The predicted molar refractivity (Wildman–Crippen MR) is 150 cm³/mol. The van der Waals surface area contributed by atoms with Crippen LogP contribution in [0.5, 0.6) is 5.88 Å². The van der Waals surface area contributed by atoms with E-state index in [-0.39, 0.29) is 33.4 Å². The molecule has 0 aliphatic carbocycles. The average molecular weight is 626 g/mol. The van der Waals surface area contributed by atoms with Gasteiger partial charge in [0.25, 0.3) is 15.9 Å². The van der Waals surface area contributed by atoms with Crippen LogP contribution in [0.2, 0.25) is 35.7 Å². The van der Waals surface area contributed by atoms with Crippen molar-refractivity contribution in [2.24, 2.45) is 0 Å². The Labute approximate surface area is 236 Å². The Morgan fingerprint density at radius 1 is 1.22 bits per heavy atom. The van der Waals surface area contributed by atoms with Crippen LogP contribution in [0.3, 0.4) is 0 Å². The number of methoxy groups -OCH3 is 1. The fraction of sp³-hybridized carbons (Fsp3) is 0.409. The minimum atomic E-state index is -4.25. The van der Waals surface area contributed by atoms with Gasteiger partial charge in [0.2, 0.25) is 11.7 Å². The molecule has 202 valence electrons. The van der Waals surface area contributed by atoms with Gasteiger partial charge in [-0.1, -0.05) is 48.9 Å². The minimum absolute atomic E-state index is 0.0113. The Morgan fingerprint density at radius 3 is 2.62 bits per heavy atom. The Hall–Kier alpha value is -1.54. The summed E-state index contributed by atoms with van der Waals surface area (Å²) in [6, 6.07) is 5.23. The monoisotopic (exact) mass is 624 g/mol. The van der Waals surface area contributed by atoms with Crippen molar-refractivity contribution in [3.05, 3.63) is 52.8 Å². The van der Waals surface area contributed by atoms with Gasteiger partial charge in [-0.15, -0.1) is 23.4 Å². The van der Waals surface area contributed by atoms with Gasteiger partial charge >= 0.3 is 0 Å². The molecule has 3 rings (SSSR count). The maximum absolute atomic E-state index is 13.7. The summed E-state index contributed by atoms with van der Waals surface area (Å²) in [6.07, 6.45) is 4.39. The van der Waals surface area contributed by atoms with E-state index in [0.29, 0.717) is 23.3 Å². The number of rotatable bonds is 13. The zero-order valence-electron chi connectivity index (χ0n) is 20.7. The largest absolute Gasteiger partial charge is 0.478 e. The minimum Gasteiger partial charge on any atom is -0.478 e. The maximum Gasteiger partial charge on any atom is 0.269 e. The molecule has 1 aromatic carbocycles. The van der Waals surface area contributed by atoms with Crippen molar-refractivity contribution in [1.82, 2.24) is 15.0 Å². The van der Waals surface area contributed by atoms with Crippen LogP contribution >= 0.6 is 46.6 Å². The number of oxazole rings is 1. The number of alkyl halides is 1. The van der Waals surface area contributed by atoms with E-state index in [1.54, 1.807) is 0 Å². The molecule has 9 nitrogen and oxygen atoms in total. The Balaban J connectivity index is 1.91. The number of hydrogen-bond donors (Lipinski definition) is 0. The van der Waals surface area contributed by atoms with Gasteiger partial charge in [0.05, 0.1) is 29.5 Å². The third kappa shape index (κ3) is 7.98. The quantitative estimate of drug-likeness (QED) is 0.0705. The lowest BCUT2D eigenvalue weighted by atomic mass is 10.4. The molecule has 0 saturated carbocycles. The van der Waals surface area contributed by atoms with Crippen molar-refractivity contribution in [2.75, 3.05) is 30.5 Å². The Morgan fingerprint density at radius 2 is 1.97 bits per heavy atom. The number of sulfonamides is 1. The second-order valence-electron chi connectivity index (χ2n) is 8.94. The number of benzene rings is 1. The summed E-state index contributed by atoms with van der Waals surface area (Å²) in [7, 11) is -4.28. The molecule has 0 radical (unpaired) electrons. The van der Waals surface area contributed by atoms with Gasteiger partial charge in [0.15, 0.2) is 0 Å². The molecular formula is C22H27Cl3N4O5S2Si. The predicted octanol–water partition coefficient (Wildman–Crippen LogP) is 6.36. The lowest BCUT2D eigenvalue weighted by Crippen LogP contribution is -2.35. The van der Waals surface area contributed by atoms with Crippen LogP contribution in [0.4, 0.5) is 5.82 Å². The molecule has 0 spiro atoms. The molecule has 0 aliphatic rings. The van der Waals surface area contributed by atoms with E-state index in [4.69, 9.17) is 48.7 Å². The number of aromatic nitrogens is 3. The highest BCUT2D eigenvalue weighted by atomic mass is 35.5. The first-order valence-corrected chi connectivity index (χ1v) is 18.4. The fourth-order valence-electron chi connectivity index (χ4n) is 2.92. The Kier molecular flexibility index (Phi) is 10.5. The highest BCUT2D eigenvalue weighted by molar-refractivity contribution is 7.99. The van der Waals surface area contributed by atoms with Crippen molar-refractivity contribution < 1.29 is 22.3 Å². The van der Waals surface area contributed by atoms with Gasteiger partial charge in [-0.05, 0) is 18.2 Å². The second-order valence-corrected chi connectivity index (χ2v) is 18.7. The standard InChI is InChI=1S/C22H27Cl3N4O5S2Si/c1-32-22-20(27-12-18(28-22)35-13-16(24)21-26-8-9-34-21)29(14-33-10-11-37(2,3)4)36(30,31)17-7-5-6-15(23)19(17)25/h5-9,12,16H,10-11,13-14H2,1-4H3. The molecule has 0 aliphatic heterocycles. The van der Waals surface area contributed by atoms with Crippen molar-refractivity contribution in [1.29, 1.82) is 0 Å². The summed E-state index contributed by atoms with van der Waals surface area (Å²) < 4.78 is 44.9. The second kappa shape index (κ2) is 13.0. The highest BCUT2D eigenvalue weighted by Crippen LogP contribution is 2.36. The molecular weight excluding hydrogens is 599 g/mol. The van der Waals surface area contributed by atoms with Crippen LogP contribution < -0.4 is 9.04 Å². The molecule has 0 N–H and O–H groups in total. The van der Waals surface area contributed by atoms with Crippen molar-refractivity contribution >= 4 is 70.5 Å². The molecule has 0 saturated heterocycles. The van der Waals surface area contributed by atoms with E-state index >= 15 is 0 Å². The first-order chi connectivity index (χ1) is 17.4. The lowest BCUT2D eigenvalue weighted by Gasteiger charge is -2.25. The smallest absolute Gasteiger partial charge is 0.269 e.